The summed E-state index contributed by atoms with van der Waals surface area (Å²) in [5, 5.41) is 10.0. The summed E-state index contributed by atoms with van der Waals surface area (Å²) in [5.41, 5.74) is 2.37. The Balaban J connectivity index is 1.98. The fraction of sp³-hybridized carbons (Fsp3) is 0.333. The molecule has 1 aromatic heterocycles. The molecule has 0 bridgehead atoms. The van der Waals surface area contributed by atoms with Gasteiger partial charge in [-0.2, -0.15) is 0 Å². The van der Waals surface area contributed by atoms with Gasteiger partial charge in [-0.25, -0.2) is 9.78 Å². The highest BCUT2D eigenvalue weighted by Gasteiger charge is 2.50. The Labute approximate surface area is 152 Å². The van der Waals surface area contributed by atoms with Crippen molar-refractivity contribution in [1.82, 2.24) is 14.5 Å². The third-order valence-corrected chi connectivity index (χ3v) is 5.72. The molecule has 2 atom stereocenters. The van der Waals surface area contributed by atoms with Gasteiger partial charge in [-0.05, 0) is 37.0 Å². The van der Waals surface area contributed by atoms with E-state index in [0.29, 0.717) is 13.0 Å². The van der Waals surface area contributed by atoms with Crippen LogP contribution in [0.5, 0.6) is 0 Å². The summed E-state index contributed by atoms with van der Waals surface area (Å²) in [4.78, 5) is 18.4. The summed E-state index contributed by atoms with van der Waals surface area (Å²) < 4.78 is 2.09. The number of carbonyl (C=O) groups is 1. The Bertz CT molecular complexity index is 921. The fourth-order valence-corrected chi connectivity index (χ4v) is 4.62. The fourth-order valence-electron chi connectivity index (χ4n) is 4.62. The zero-order valence-corrected chi connectivity index (χ0v) is 14.9. The molecule has 2 unspecified atom stereocenters. The number of rotatable bonds is 3. The average molecular weight is 349 g/mol. The minimum Gasteiger partial charge on any atom is -0.465 e. The molecule has 1 fully saturated rings. The molecule has 2 heterocycles. The van der Waals surface area contributed by atoms with Crippen molar-refractivity contribution in [2.24, 2.45) is 0 Å². The van der Waals surface area contributed by atoms with Gasteiger partial charge in [-0.15, -0.1) is 0 Å². The van der Waals surface area contributed by atoms with Crippen molar-refractivity contribution >= 4 is 17.1 Å². The van der Waals surface area contributed by atoms with E-state index in [2.05, 4.69) is 28.6 Å². The lowest BCUT2D eigenvalue weighted by molar-refractivity contribution is -0.0242. The van der Waals surface area contributed by atoms with Crippen molar-refractivity contribution in [3.63, 3.8) is 0 Å². The molecule has 0 spiro atoms. The van der Waals surface area contributed by atoms with Crippen molar-refractivity contribution in [2.75, 3.05) is 6.54 Å². The van der Waals surface area contributed by atoms with Crippen LogP contribution in [0.25, 0.3) is 11.0 Å². The van der Waals surface area contributed by atoms with Gasteiger partial charge in [0.25, 0.3) is 0 Å². The Kier molecular flexibility index (Phi) is 4.15. The number of para-hydroxylation sites is 2. The number of nitrogens with zero attached hydrogens (tertiary/aromatic N) is 3. The zero-order valence-electron chi connectivity index (χ0n) is 14.9. The van der Waals surface area contributed by atoms with Crippen molar-refractivity contribution in [3.8, 4) is 0 Å². The molecule has 5 heteroatoms. The van der Waals surface area contributed by atoms with Crippen molar-refractivity contribution in [3.05, 3.63) is 66.5 Å². The van der Waals surface area contributed by atoms with Crippen LogP contribution in [0, 0.1) is 0 Å². The van der Waals surface area contributed by atoms with Crippen LogP contribution in [0.3, 0.4) is 0 Å². The van der Waals surface area contributed by atoms with E-state index in [4.69, 9.17) is 0 Å². The Morgan fingerprint density at radius 3 is 2.65 bits per heavy atom. The minimum absolute atomic E-state index is 0.0798. The third kappa shape index (κ3) is 2.38. The third-order valence-electron chi connectivity index (χ3n) is 5.72. The molecule has 1 saturated heterocycles. The zero-order chi connectivity index (χ0) is 18.1. The molecule has 2 aromatic carbocycles. The van der Waals surface area contributed by atoms with Crippen molar-refractivity contribution in [1.29, 1.82) is 0 Å². The topological polar surface area (TPSA) is 58.4 Å². The van der Waals surface area contributed by atoms with Crippen molar-refractivity contribution in [2.45, 2.75) is 37.8 Å². The quantitative estimate of drug-likeness (QED) is 0.748. The van der Waals surface area contributed by atoms with E-state index in [1.165, 1.54) is 5.56 Å². The summed E-state index contributed by atoms with van der Waals surface area (Å²) in [5.74, 6) is 0.0798. The number of hydrogen-bond donors (Lipinski definition) is 1. The van der Waals surface area contributed by atoms with Crippen molar-refractivity contribution < 1.29 is 9.90 Å². The monoisotopic (exact) mass is 349 g/mol. The highest BCUT2D eigenvalue weighted by molar-refractivity contribution is 5.76. The molecular weight excluding hydrogens is 326 g/mol. The lowest BCUT2D eigenvalue weighted by Gasteiger charge is -2.51. The largest absolute Gasteiger partial charge is 0.465 e. The predicted octanol–water partition coefficient (Wildman–Crippen LogP) is 4.66. The smallest absolute Gasteiger partial charge is 0.409 e. The Morgan fingerprint density at radius 2 is 1.92 bits per heavy atom. The van der Waals surface area contributed by atoms with Gasteiger partial charge in [-0.1, -0.05) is 49.4 Å². The van der Waals surface area contributed by atoms with Crippen LogP contribution < -0.4 is 0 Å². The van der Waals surface area contributed by atoms with Crippen LogP contribution in [0.2, 0.25) is 0 Å². The number of likely N-dealkylation sites (tertiary alicyclic amines) is 1. The second-order valence-electron chi connectivity index (χ2n) is 6.88. The predicted molar refractivity (Wildman–Crippen MR) is 101 cm³/mol. The average Bonchev–Trinajstić information content (AvgIpc) is 3.12. The lowest BCUT2D eigenvalue weighted by Crippen LogP contribution is -2.58. The van der Waals surface area contributed by atoms with E-state index in [1.54, 1.807) is 4.90 Å². The van der Waals surface area contributed by atoms with Crippen LogP contribution in [-0.2, 0) is 5.66 Å². The molecule has 0 aliphatic carbocycles. The Hall–Kier alpha value is -2.82. The van der Waals surface area contributed by atoms with E-state index >= 15 is 0 Å². The molecule has 1 aliphatic rings. The second-order valence-corrected chi connectivity index (χ2v) is 6.88. The van der Waals surface area contributed by atoms with E-state index in [9.17, 15) is 9.90 Å². The summed E-state index contributed by atoms with van der Waals surface area (Å²) in [6.45, 7) is 2.62. The van der Waals surface area contributed by atoms with E-state index < -0.39 is 11.8 Å². The highest BCUT2D eigenvalue weighted by atomic mass is 16.4. The summed E-state index contributed by atoms with van der Waals surface area (Å²) in [7, 11) is 0. The van der Waals surface area contributed by atoms with Gasteiger partial charge in [0.2, 0.25) is 0 Å². The number of imidazole rings is 1. The van der Waals surface area contributed by atoms with Gasteiger partial charge in [0.15, 0.2) is 0 Å². The molecule has 1 amide bonds. The second kappa shape index (κ2) is 6.48. The SMILES string of the molecule is CCC1(n2cnc3ccccc32)C(c2ccccc2)CCCN1C(=O)O. The first-order valence-electron chi connectivity index (χ1n) is 9.16. The standard InChI is InChI=1S/C21H23N3O2/c1-2-21(24-15-22-18-12-6-7-13-19(18)24)17(16-9-4-3-5-10-16)11-8-14-23(21)20(25)26/h3-7,9-10,12-13,15,17H,2,8,11,14H2,1H3,(H,25,26). The number of carboxylic acid groups (broad SMARTS) is 1. The first-order valence-corrected chi connectivity index (χ1v) is 9.16. The van der Waals surface area contributed by atoms with Crippen LogP contribution >= 0.6 is 0 Å². The number of aromatic nitrogens is 2. The first kappa shape index (κ1) is 16.6. The van der Waals surface area contributed by atoms with Gasteiger partial charge in [0.1, 0.15) is 5.66 Å². The van der Waals surface area contributed by atoms with Crippen LogP contribution in [0.4, 0.5) is 4.79 Å². The molecule has 4 rings (SSSR count). The lowest BCUT2D eigenvalue weighted by atomic mass is 9.76. The van der Waals surface area contributed by atoms with Crippen LogP contribution in [-0.4, -0.2) is 32.2 Å². The van der Waals surface area contributed by atoms with Gasteiger partial charge in [-0.3, -0.25) is 4.90 Å². The number of amides is 1. The maximum Gasteiger partial charge on any atom is 0.409 e. The van der Waals surface area contributed by atoms with E-state index in [-0.39, 0.29) is 5.92 Å². The minimum atomic E-state index is -0.870. The Morgan fingerprint density at radius 1 is 1.19 bits per heavy atom. The maximum atomic E-state index is 12.2. The number of benzene rings is 2. The van der Waals surface area contributed by atoms with Crippen LogP contribution in [0.1, 0.15) is 37.7 Å². The number of hydrogen-bond acceptors (Lipinski definition) is 2. The van der Waals surface area contributed by atoms with Gasteiger partial charge in [0.05, 0.1) is 17.4 Å². The first-order chi connectivity index (χ1) is 12.7. The van der Waals surface area contributed by atoms with Gasteiger partial charge < -0.3 is 9.67 Å². The summed E-state index contributed by atoms with van der Waals surface area (Å²) in [6.07, 6.45) is 3.43. The molecule has 3 aromatic rings. The molecule has 5 nitrogen and oxygen atoms in total. The molecule has 0 radical (unpaired) electrons. The molecule has 1 aliphatic heterocycles. The number of fused-ring (bicyclic) bond motifs is 1. The van der Waals surface area contributed by atoms with Gasteiger partial charge >= 0.3 is 6.09 Å². The maximum absolute atomic E-state index is 12.2. The molecule has 134 valence electrons. The molecule has 1 N–H and O–H groups in total. The number of piperidine rings is 1. The molecule has 0 saturated carbocycles. The van der Waals surface area contributed by atoms with Crippen LogP contribution in [0.15, 0.2) is 60.9 Å². The van der Waals surface area contributed by atoms with E-state index in [0.717, 1.165) is 23.9 Å². The molecule has 26 heavy (non-hydrogen) atoms. The van der Waals surface area contributed by atoms with E-state index in [1.807, 2.05) is 48.8 Å². The highest BCUT2D eigenvalue weighted by Crippen LogP contribution is 2.47. The summed E-state index contributed by atoms with van der Waals surface area (Å²) in [6, 6.07) is 18.2. The summed E-state index contributed by atoms with van der Waals surface area (Å²) >= 11 is 0. The molecular formula is C21H23N3O2. The van der Waals surface area contributed by atoms with Gasteiger partial charge in [0, 0.05) is 12.5 Å². The normalized spacial score (nSPS) is 23.3.